The van der Waals surface area contributed by atoms with E-state index in [0.29, 0.717) is 36.1 Å². The second-order valence-corrected chi connectivity index (χ2v) is 10.2. The fourth-order valence-electron chi connectivity index (χ4n) is 3.81. The number of halogens is 1. The Labute approximate surface area is 203 Å². The molecule has 0 spiro atoms. The van der Waals surface area contributed by atoms with Crippen LogP contribution < -0.4 is 10.6 Å². The topological polar surface area (TPSA) is 86.3 Å². The van der Waals surface area contributed by atoms with E-state index in [-0.39, 0.29) is 36.1 Å². The van der Waals surface area contributed by atoms with Gasteiger partial charge in [-0.2, -0.15) is 4.31 Å². The monoisotopic (exact) mass is 565 g/mol. The summed E-state index contributed by atoms with van der Waals surface area (Å²) in [6.07, 6.45) is 2.09. The summed E-state index contributed by atoms with van der Waals surface area (Å²) in [5, 5.41) is 6.59. The molecule has 3 rings (SSSR count). The molecule has 1 aromatic rings. The van der Waals surface area contributed by atoms with Crippen molar-refractivity contribution in [2.75, 3.05) is 52.9 Å². The molecule has 1 aromatic carbocycles. The number of ether oxygens (including phenoxy) is 1. The highest BCUT2D eigenvalue weighted by molar-refractivity contribution is 14.0. The van der Waals surface area contributed by atoms with Gasteiger partial charge in [-0.25, -0.2) is 13.4 Å². The van der Waals surface area contributed by atoms with Gasteiger partial charge in [0.1, 0.15) is 0 Å². The van der Waals surface area contributed by atoms with Crippen LogP contribution in [0, 0.1) is 0 Å². The Balaban J connectivity index is 0.00000341. The van der Waals surface area contributed by atoms with E-state index in [4.69, 9.17) is 4.74 Å². The summed E-state index contributed by atoms with van der Waals surface area (Å²) in [6.45, 7) is 9.11. The van der Waals surface area contributed by atoms with Crippen molar-refractivity contribution in [2.45, 2.75) is 43.7 Å². The molecule has 0 bridgehead atoms. The number of likely N-dealkylation sites (N-methyl/N-ethyl adjacent to an activating group) is 1. The Morgan fingerprint density at radius 3 is 2.55 bits per heavy atom. The van der Waals surface area contributed by atoms with E-state index in [1.54, 1.807) is 16.4 Å². The first-order chi connectivity index (χ1) is 14.3. The van der Waals surface area contributed by atoms with E-state index in [2.05, 4.69) is 27.4 Å². The number of sulfonamides is 1. The Hall–Kier alpha value is -0.950. The first kappa shape index (κ1) is 26.3. The van der Waals surface area contributed by atoms with E-state index >= 15 is 0 Å². The van der Waals surface area contributed by atoms with Crippen LogP contribution in [0.5, 0.6) is 0 Å². The van der Waals surface area contributed by atoms with Crippen molar-refractivity contribution in [1.82, 2.24) is 19.8 Å². The number of benzene rings is 1. The number of piperazine rings is 1. The average molecular weight is 566 g/mol. The summed E-state index contributed by atoms with van der Waals surface area (Å²) in [4.78, 5) is 7.15. The Morgan fingerprint density at radius 1 is 1.19 bits per heavy atom. The number of hydrogen-bond acceptors (Lipinski definition) is 5. The van der Waals surface area contributed by atoms with Gasteiger partial charge < -0.3 is 20.3 Å². The third-order valence-electron chi connectivity index (χ3n) is 5.73. The predicted octanol–water partition coefficient (Wildman–Crippen LogP) is 1.86. The lowest BCUT2D eigenvalue weighted by Crippen LogP contribution is -2.47. The molecule has 176 valence electrons. The predicted molar refractivity (Wildman–Crippen MR) is 135 cm³/mol. The maximum atomic E-state index is 13.2. The van der Waals surface area contributed by atoms with Gasteiger partial charge in [0.2, 0.25) is 10.0 Å². The van der Waals surface area contributed by atoms with Gasteiger partial charge in [0.25, 0.3) is 0 Å². The maximum Gasteiger partial charge on any atom is 0.243 e. The molecular weight excluding hydrogens is 529 g/mol. The van der Waals surface area contributed by atoms with Crippen molar-refractivity contribution >= 4 is 40.0 Å². The van der Waals surface area contributed by atoms with Gasteiger partial charge in [-0.3, -0.25) is 0 Å². The molecule has 1 unspecified atom stereocenters. The van der Waals surface area contributed by atoms with Gasteiger partial charge in [-0.1, -0.05) is 18.2 Å². The fourth-order valence-corrected chi connectivity index (χ4v) is 5.44. The van der Waals surface area contributed by atoms with E-state index in [1.807, 2.05) is 26.1 Å². The van der Waals surface area contributed by atoms with Crippen molar-refractivity contribution in [1.29, 1.82) is 0 Å². The molecule has 31 heavy (non-hydrogen) atoms. The molecule has 2 saturated heterocycles. The second kappa shape index (κ2) is 11.8. The number of nitrogens with zero attached hydrogens (tertiary/aromatic N) is 3. The Morgan fingerprint density at radius 2 is 1.90 bits per heavy atom. The summed E-state index contributed by atoms with van der Waals surface area (Å²) in [7, 11) is -1.52. The quantitative estimate of drug-likeness (QED) is 0.299. The maximum absolute atomic E-state index is 13.2. The first-order valence-corrected chi connectivity index (χ1v) is 12.2. The highest BCUT2D eigenvalue weighted by Crippen LogP contribution is 2.24. The molecule has 1 atom stereocenters. The van der Waals surface area contributed by atoms with Gasteiger partial charge in [-0.05, 0) is 45.4 Å². The molecule has 0 saturated carbocycles. The normalized spacial score (nSPS) is 23.4. The van der Waals surface area contributed by atoms with Crippen LogP contribution in [-0.2, 0) is 21.3 Å². The summed E-state index contributed by atoms with van der Waals surface area (Å²) in [5.41, 5.74) is 0.524. The number of guanidine groups is 1. The van der Waals surface area contributed by atoms with Crippen LogP contribution in [0.1, 0.15) is 32.3 Å². The minimum atomic E-state index is -3.53. The van der Waals surface area contributed by atoms with Crippen molar-refractivity contribution in [3.63, 3.8) is 0 Å². The number of nitrogens with one attached hydrogen (secondary N) is 2. The average Bonchev–Trinajstić information content (AvgIpc) is 3.17. The van der Waals surface area contributed by atoms with Crippen molar-refractivity contribution in [3.05, 3.63) is 29.8 Å². The minimum Gasteiger partial charge on any atom is -0.373 e. The van der Waals surface area contributed by atoms with Crippen molar-refractivity contribution in [3.8, 4) is 0 Å². The van der Waals surface area contributed by atoms with Gasteiger partial charge >= 0.3 is 0 Å². The van der Waals surface area contributed by atoms with Gasteiger partial charge in [0, 0.05) is 45.9 Å². The van der Waals surface area contributed by atoms with Crippen LogP contribution in [0.2, 0.25) is 0 Å². The lowest BCUT2D eigenvalue weighted by Gasteiger charge is -2.32. The molecule has 0 amide bonds. The molecular formula is C21H36IN5O3S. The molecule has 2 N–H and O–H groups in total. The molecule has 2 heterocycles. The van der Waals surface area contributed by atoms with Gasteiger partial charge in [0.15, 0.2) is 5.96 Å². The minimum absolute atomic E-state index is 0. The standard InChI is InChI=1S/C21H35N5O3S.HI/c1-4-22-20(24-17-21(2)10-7-15-29-21)23-16-18-8-5-6-9-19(18)30(27,28)26-13-11-25(3)12-14-26;/h5-6,8-9H,4,7,10-17H2,1-3H3,(H2,22,23,24);1H. The SMILES string of the molecule is CCNC(=NCc1ccccc1S(=O)(=O)N1CCN(C)CC1)NCC1(C)CCCO1.I. The molecule has 2 aliphatic rings. The molecule has 0 aliphatic carbocycles. The summed E-state index contributed by atoms with van der Waals surface area (Å²) in [5.74, 6) is 0.668. The number of hydrogen-bond donors (Lipinski definition) is 2. The van der Waals surface area contributed by atoms with Crippen LogP contribution in [0.4, 0.5) is 0 Å². The zero-order chi connectivity index (χ0) is 21.6. The van der Waals surface area contributed by atoms with Crippen LogP contribution in [0.3, 0.4) is 0 Å². The summed E-state index contributed by atoms with van der Waals surface area (Å²) in [6, 6.07) is 7.17. The highest BCUT2D eigenvalue weighted by atomic mass is 127. The van der Waals surface area contributed by atoms with Gasteiger partial charge in [-0.15, -0.1) is 24.0 Å². The lowest BCUT2D eigenvalue weighted by molar-refractivity contribution is 0.0243. The smallest absolute Gasteiger partial charge is 0.243 e. The second-order valence-electron chi connectivity index (χ2n) is 8.27. The van der Waals surface area contributed by atoms with Crippen LogP contribution >= 0.6 is 24.0 Å². The number of aliphatic imine (C=N–C) groups is 1. The fraction of sp³-hybridized carbons (Fsp3) is 0.667. The first-order valence-electron chi connectivity index (χ1n) is 10.8. The Kier molecular flexibility index (Phi) is 9.99. The third kappa shape index (κ3) is 7.01. The molecule has 2 aliphatic heterocycles. The van der Waals surface area contributed by atoms with Crippen molar-refractivity contribution in [2.24, 2.45) is 4.99 Å². The third-order valence-corrected chi connectivity index (χ3v) is 7.73. The van der Waals surface area contributed by atoms with E-state index in [0.717, 1.165) is 39.1 Å². The lowest BCUT2D eigenvalue weighted by atomic mass is 10.0. The summed E-state index contributed by atoms with van der Waals surface area (Å²) >= 11 is 0. The molecule has 10 heteroatoms. The van der Waals surface area contributed by atoms with E-state index in [9.17, 15) is 8.42 Å². The molecule has 0 radical (unpaired) electrons. The molecule has 0 aromatic heterocycles. The van der Waals surface area contributed by atoms with Gasteiger partial charge in [0.05, 0.1) is 17.0 Å². The molecule has 2 fully saturated rings. The van der Waals surface area contributed by atoms with Crippen LogP contribution in [0.15, 0.2) is 34.2 Å². The number of rotatable bonds is 7. The Bertz CT molecular complexity index is 835. The van der Waals surface area contributed by atoms with Crippen LogP contribution in [0.25, 0.3) is 0 Å². The largest absolute Gasteiger partial charge is 0.373 e. The van der Waals surface area contributed by atoms with Crippen LogP contribution in [-0.4, -0.2) is 82.1 Å². The van der Waals surface area contributed by atoms with E-state index in [1.165, 1.54) is 0 Å². The van der Waals surface area contributed by atoms with E-state index < -0.39 is 10.0 Å². The molecule has 8 nitrogen and oxygen atoms in total. The summed E-state index contributed by atoms with van der Waals surface area (Å²) < 4.78 is 33.9. The highest BCUT2D eigenvalue weighted by Gasteiger charge is 2.30. The zero-order valence-corrected chi connectivity index (χ0v) is 21.9. The van der Waals surface area contributed by atoms with Crippen molar-refractivity contribution < 1.29 is 13.2 Å². The zero-order valence-electron chi connectivity index (χ0n) is 18.8.